The molecule has 174 valence electrons. The molecule has 0 fully saturated rings. The van der Waals surface area contributed by atoms with Crippen molar-refractivity contribution >= 4 is 34.8 Å². The largest absolute Gasteiger partial charge is 0.494 e. The Morgan fingerprint density at radius 1 is 1.00 bits per heavy atom. The van der Waals surface area contributed by atoms with Crippen molar-refractivity contribution in [1.82, 2.24) is 0 Å². The van der Waals surface area contributed by atoms with Gasteiger partial charge in [0.05, 0.1) is 24.4 Å². The van der Waals surface area contributed by atoms with Crippen LogP contribution in [-0.4, -0.2) is 30.4 Å². The summed E-state index contributed by atoms with van der Waals surface area (Å²) in [6, 6.07) is 20.3. The third-order valence-corrected chi connectivity index (χ3v) is 5.54. The Morgan fingerprint density at radius 3 is 2.41 bits per heavy atom. The molecule has 34 heavy (non-hydrogen) atoms. The minimum atomic E-state index is -0.996. The van der Waals surface area contributed by atoms with Crippen LogP contribution in [0.5, 0.6) is 5.75 Å². The van der Waals surface area contributed by atoms with Crippen LogP contribution in [0.1, 0.15) is 35.7 Å². The first-order chi connectivity index (χ1) is 16.5. The van der Waals surface area contributed by atoms with Crippen molar-refractivity contribution in [2.24, 2.45) is 0 Å². The fraction of sp³-hybridized carbons (Fsp3) is 0.222. The van der Waals surface area contributed by atoms with Gasteiger partial charge in [-0.3, -0.25) is 19.3 Å². The van der Waals surface area contributed by atoms with Crippen molar-refractivity contribution in [2.45, 2.75) is 32.7 Å². The lowest BCUT2D eigenvalue weighted by Crippen LogP contribution is -2.52. The van der Waals surface area contributed by atoms with Crippen molar-refractivity contribution in [3.8, 4) is 5.75 Å². The molecule has 0 unspecified atom stereocenters. The summed E-state index contributed by atoms with van der Waals surface area (Å²) in [7, 11) is 0. The van der Waals surface area contributed by atoms with Gasteiger partial charge in [-0.25, -0.2) is 0 Å². The zero-order valence-electron chi connectivity index (χ0n) is 19.2. The van der Waals surface area contributed by atoms with Gasteiger partial charge in [0.2, 0.25) is 11.8 Å². The van der Waals surface area contributed by atoms with Crippen molar-refractivity contribution in [3.05, 3.63) is 83.9 Å². The predicted molar refractivity (Wildman–Crippen MR) is 132 cm³/mol. The van der Waals surface area contributed by atoms with Gasteiger partial charge in [-0.15, -0.1) is 0 Å². The summed E-state index contributed by atoms with van der Waals surface area (Å²) < 4.78 is 5.60. The number of rotatable bonds is 7. The van der Waals surface area contributed by atoms with E-state index in [9.17, 15) is 14.4 Å². The molecule has 3 aromatic rings. The molecule has 1 aliphatic rings. The molecule has 0 aromatic heterocycles. The zero-order chi connectivity index (χ0) is 24.1. The van der Waals surface area contributed by atoms with Gasteiger partial charge in [-0.1, -0.05) is 36.8 Å². The monoisotopic (exact) mass is 457 g/mol. The van der Waals surface area contributed by atoms with E-state index in [1.807, 2.05) is 26.0 Å². The van der Waals surface area contributed by atoms with Gasteiger partial charge in [-0.05, 0) is 61.9 Å². The van der Waals surface area contributed by atoms with Crippen molar-refractivity contribution in [2.75, 3.05) is 22.1 Å². The first kappa shape index (κ1) is 23.0. The summed E-state index contributed by atoms with van der Waals surface area (Å²) in [5, 5.41) is 5.64. The number of nitrogens with zero attached hydrogens (tertiary/aromatic N) is 1. The van der Waals surface area contributed by atoms with Gasteiger partial charge < -0.3 is 15.4 Å². The number of para-hydroxylation sites is 2. The highest BCUT2D eigenvalue weighted by molar-refractivity contribution is 6.17. The molecule has 0 saturated heterocycles. The number of amides is 3. The van der Waals surface area contributed by atoms with Crippen molar-refractivity contribution < 1.29 is 19.1 Å². The number of aryl methyl sites for hydroxylation is 1. The zero-order valence-corrected chi connectivity index (χ0v) is 19.2. The summed E-state index contributed by atoms with van der Waals surface area (Å²) in [6.45, 7) is 4.57. The third-order valence-electron chi connectivity index (χ3n) is 5.54. The Morgan fingerprint density at radius 2 is 1.71 bits per heavy atom. The average molecular weight is 458 g/mol. The molecule has 0 aliphatic carbocycles. The maximum Gasteiger partial charge on any atom is 0.259 e. The fourth-order valence-electron chi connectivity index (χ4n) is 3.80. The summed E-state index contributed by atoms with van der Waals surface area (Å²) in [5.74, 6) is -0.458. The molecule has 0 bridgehead atoms. The number of ether oxygens (including phenoxy) is 1. The van der Waals surface area contributed by atoms with Gasteiger partial charge in [0.1, 0.15) is 11.8 Å². The first-order valence-electron chi connectivity index (χ1n) is 11.3. The topological polar surface area (TPSA) is 87.7 Å². The van der Waals surface area contributed by atoms with E-state index in [4.69, 9.17) is 4.74 Å². The molecule has 1 atom stereocenters. The molecular formula is C27H27N3O4. The van der Waals surface area contributed by atoms with Crippen LogP contribution in [0.2, 0.25) is 0 Å². The Kier molecular flexibility index (Phi) is 6.92. The molecule has 1 heterocycles. The lowest BCUT2D eigenvalue weighted by molar-refractivity contribution is -0.122. The van der Waals surface area contributed by atoms with E-state index in [0.29, 0.717) is 35.0 Å². The molecule has 2 N–H and O–H groups in total. The number of hydrogen-bond acceptors (Lipinski definition) is 4. The van der Waals surface area contributed by atoms with Crippen LogP contribution < -0.4 is 20.3 Å². The fourth-order valence-corrected chi connectivity index (χ4v) is 3.80. The lowest BCUT2D eigenvalue weighted by Gasteiger charge is -2.36. The van der Waals surface area contributed by atoms with E-state index in [1.165, 1.54) is 4.90 Å². The molecule has 3 aromatic carbocycles. The minimum Gasteiger partial charge on any atom is -0.494 e. The number of anilines is 3. The molecule has 0 saturated carbocycles. The van der Waals surface area contributed by atoms with Crippen molar-refractivity contribution in [3.63, 3.8) is 0 Å². The van der Waals surface area contributed by atoms with Crippen LogP contribution in [0.15, 0.2) is 72.8 Å². The molecule has 1 aliphatic heterocycles. The molecule has 0 radical (unpaired) electrons. The summed E-state index contributed by atoms with van der Waals surface area (Å²) >= 11 is 0. The number of benzene rings is 3. The van der Waals surface area contributed by atoms with E-state index in [0.717, 1.165) is 12.0 Å². The number of hydrogen-bond donors (Lipinski definition) is 2. The number of fused-ring (bicyclic) bond motifs is 1. The molecule has 4 rings (SSSR count). The molecule has 7 heteroatoms. The third kappa shape index (κ3) is 5.09. The summed E-state index contributed by atoms with van der Waals surface area (Å²) in [5.41, 5.74) is 3.18. The molecule has 7 nitrogen and oxygen atoms in total. The van der Waals surface area contributed by atoms with E-state index >= 15 is 0 Å². The highest BCUT2D eigenvalue weighted by Crippen LogP contribution is 2.34. The second-order valence-electron chi connectivity index (χ2n) is 8.19. The Labute approximate surface area is 198 Å². The maximum atomic E-state index is 13.6. The second kappa shape index (κ2) is 10.2. The van der Waals surface area contributed by atoms with Gasteiger partial charge in [0.25, 0.3) is 5.91 Å². The SMILES string of the molecule is CCCOc1ccc(C(=O)N2c3ccccc3NC(=O)[C@H]2CC(=O)Nc2ccc(C)cc2)cc1. The van der Waals surface area contributed by atoms with Crippen LogP contribution in [0, 0.1) is 6.92 Å². The Hall–Kier alpha value is -4.13. The highest BCUT2D eigenvalue weighted by atomic mass is 16.5. The standard InChI is InChI=1S/C27H27N3O4/c1-3-16-34-21-14-10-19(11-15-21)27(33)30-23-7-5-4-6-22(23)29-26(32)24(30)17-25(31)28-20-12-8-18(2)9-13-20/h4-15,24H,3,16-17H2,1-2H3,(H,28,31)(H,29,32)/t24-/m1/s1. The van der Waals surface area contributed by atoms with E-state index in [2.05, 4.69) is 10.6 Å². The maximum absolute atomic E-state index is 13.6. The van der Waals surface area contributed by atoms with Crippen LogP contribution >= 0.6 is 0 Å². The lowest BCUT2D eigenvalue weighted by atomic mass is 10.0. The van der Waals surface area contributed by atoms with Gasteiger partial charge in [0.15, 0.2) is 0 Å². The van der Waals surface area contributed by atoms with Crippen molar-refractivity contribution in [1.29, 1.82) is 0 Å². The Balaban J connectivity index is 1.60. The quantitative estimate of drug-likeness (QED) is 0.535. The van der Waals surface area contributed by atoms with Gasteiger partial charge in [-0.2, -0.15) is 0 Å². The summed E-state index contributed by atoms with van der Waals surface area (Å²) in [4.78, 5) is 40.8. The van der Waals surface area contributed by atoms with Crippen LogP contribution in [-0.2, 0) is 9.59 Å². The van der Waals surface area contributed by atoms with Gasteiger partial charge >= 0.3 is 0 Å². The number of carbonyl (C=O) groups is 3. The first-order valence-corrected chi connectivity index (χ1v) is 11.3. The number of carbonyl (C=O) groups excluding carboxylic acids is 3. The number of nitrogens with one attached hydrogen (secondary N) is 2. The van der Waals surface area contributed by atoms with E-state index in [1.54, 1.807) is 60.7 Å². The average Bonchev–Trinajstić information content (AvgIpc) is 2.84. The molecular weight excluding hydrogens is 430 g/mol. The van der Waals surface area contributed by atoms with Crippen LogP contribution in [0.4, 0.5) is 17.1 Å². The minimum absolute atomic E-state index is 0.183. The van der Waals surface area contributed by atoms with Crippen LogP contribution in [0.25, 0.3) is 0 Å². The highest BCUT2D eigenvalue weighted by Gasteiger charge is 2.38. The smallest absolute Gasteiger partial charge is 0.259 e. The molecule has 3 amide bonds. The van der Waals surface area contributed by atoms with Gasteiger partial charge in [0, 0.05) is 11.3 Å². The van der Waals surface area contributed by atoms with E-state index in [-0.39, 0.29) is 18.2 Å². The van der Waals surface area contributed by atoms with Crippen LogP contribution in [0.3, 0.4) is 0 Å². The molecule has 0 spiro atoms. The van der Waals surface area contributed by atoms with E-state index < -0.39 is 11.9 Å². The summed E-state index contributed by atoms with van der Waals surface area (Å²) in [6.07, 6.45) is 0.699. The second-order valence-corrected chi connectivity index (χ2v) is 8.19. The normalized spacial score (nSPS) is 14.7. The Bertz CT molecular complexity index is 1190. The predicted octanol–water partition coefficient (Wildman–Crippen LogP) is 4.78.